The van der Waals surface area contributed by atoms with Crippen LogP contribution in [0.4, 0.5) is 28.6 Å². The Morgan fingerprint density at radius 2 is 1.93 bits per heavy atom. The average Bonchev–Trinajstić information content (AvgIpc) is 3.14. The number of rotatable bonds is 4. The number of nitrogens with zero attached hydrogens (tertiary/aromatic N) is 3. The summed E-state index contributed by atoms with van der Waals surface area (Å²) in [4.78, 5) is 18.1. The number of nitrogens with one attached hydrogen (secondary N) is 2. The first kappa shape index (κ1) is 17.6. The molecule has 0 saturated heterocycles. The summed E-state index contributed by atoms with van der Waals surface area (Å²) in [5, 5.41) is 15.6. The van der Waals surface area contributed by atoms with Crippen molar-refractivity contribution in [2.75, 3.05) is 22.1 Å². The van der Waals surface area contributed by atoms with Gasteiger partial charge < -0.3 is 15.5 Å². The minimum absolute atomic E-state index is 0.0471. The maximum atomic E-state index is 12.0. The molecule has 3 aromatic rings. The lowest BCUT2D eigenvalue weighted by Gasteiger charge is -2.19. The number of anilines is 5. The molecule has 0 aliphatic carbocycles. The van der Waals surface area contributed by atoms with Gasteiger partial charge in [0.15, 0.2) is 0 Å². The van der Waals surface area contributed by atoms with Crippen LogP contribution >= 0.6 is 0 Å². The van der Waals surface area contributed by atoms with E-state index < -0.39 is 0 Å². The molecule has 28 heavy (non-hydrogen) atoms. The van der Waals surface area contributed by atoms with Gasteiger partial charge in [0.2, 0.25) is 5.91 Å². The summed E-state index contributed by atoms with van der Waals surface area (Å²) < 4.78 is 0. The van der Waals surface area contributed by atoms with Gasteiger partial charge in [0.1, 0.15) is 5.82 Å². The zero-order valence-electron chi connectivity index (χ0n) is 15.4. The van der Waals surface area contributed by atoms with Crippen LogP contribution in [0.25, 0.3) is 0 Å². The molecule has 138 valence electrons. The van der Waals surface area contributed by atoms with Crippen LogP contribution < -0.4 is 15.5 Å². The van der Waals surface area contributed by atoms with Crippen molar-refractivity contribution in [1.29, 1.82) is 5.26 Å². The molecule has 2 heterocycles. The number of carbonyl (C=O) groups is 1. The number of benzene rings is 2. The van der Waals surface area contributed by atoms with E-state index in [0.717, 1.165) is 29.2 Å². The smallest absolute Gasteiger partial charge is 0.223 e. The highest BCUT2D eigenvalue weighted by Gasteiger charge is 2.25. The van der Waals surface area contributed by atoms with Gasteiger partial charge >= 0.3 is 0 Å². The fraction of sp³-hybridized carbons (Fsp3) is 0.136. The van der Waals surface area contributed by atoms with Crippen LogP contribution in [0.3, 0.4) is 0 Å². The molecule has 0 saturated carbocycles. The molecule has 0 fully saturated rings. The Balaban J connectivity index is 1.57. The summed E-state index contributed by atoms with van der Waals surface area (Å²) in [5.74, 6) is 0.733. The molecule has 0 bridgehead atoms. The summed E-state index contributed by atoms with van der Waals surface area (Å²) in [5.41, 5.74) is 5.36. The van der Waals surface area contributed by atoms with Crippen LogP contribution in [0, 0.1) is 11.3 Å². The Bertz CT molecular complexity index is 1070. The standard InChI is InChI=1S/C22H19N5O/c1-15(28)27-12-10-17-3-2-4-20(22(17)27)25-19-9-11-24-21(13-19)26-18-7-5-16(14-23)6-8-18/h2-9,11,13H,10,12H2,1H3,(H2,24,25,26). The molecule has 0 unspecified atom stereocenters. The first-order chi connectivity index (χ1) is 13.6. The van der Waals surface area contributed by atoms with Crippen LogP contribution in [0.1, 0.15) is 18.1 Å². The number of hydrogen-bond acceptors (Lipinski definition) is 5. The van der Waals surface area contributed by atoms with Crippen molar-refractivity contribution in [3.05, 3.63) is 71.9 Å². The highest BCUT2D eigenvalue weighted by Crippen LogP contribution is 2.37. The zero-order chi connectivity index (χ0) is 19.5. The Morgan fingerprint density at radius 1 is 1.11 bits per heavy atom. The van der Waals surface area contributed by atoms with E-state index in [-0.39, 0.29) is 5.91 Å². The molecule has 1 aromatic heterocycles. The molecule has 6 heteroatoms. The minimum Gasteiger partial charge on any atom is -0.354 e. The summed E-state index contributed by atoms with van der Waals surface area (Å²) in [7, 11) is 0. The SMILES string of the molecule is CC(=O)N1CCc2cccc(Nc3ccnc(Nc4ccc(C#N)cc4)c3)c21. The average molecular weight is 369 g/mol. The zero-order valence-corrected chi connectivity index (χ0v) is 15.4. The second-order valence-electron chi connectivity index (χ2n) is 6.60. The fourth-order valence-electron chi connectivity index (χ4n) is 3.38. The van der Waals surface area contributed by atoms with Gasteiger partial charge in [-0.1, -0.05) is 12.1 Å². The van der Waals surface area contributed by atoms with Gasteiger partial charge in [0, 0.05) is 37.1 Å². The largest absolute Gasteiger partial charge is 0.354 e. The first-order valence-electron chi connectivity index (χ1n) is 9.04. The van der Waals surface area contributed by atoms with Gasteiger partial charge in [-0.25, -0.2) is 4.98 Å². The number of fused-ring (bicyclic) bond motifs is 1. The Hall–Kier alpha value is -3.85. The third-order valence-electron chi connectivity index (χ3n) is 4.70. The monoisotopic (exact) mass is 369 g/mol. The molecular weight excluding hydrogens is 350 g/mol. The molecule has 4 rings (SSSR count). The molecule has 2 N–H and O–H groups in total. The van der Waals surface area contributed by atoms with E-state index >= 15 is 0 Å². The van der Waals surface area contributed by atoms with Gasteiger partial charge in [-0.3, -0.25) is 4.79 Å². The molecule has 1 amide bonds. The van der Waals surface area contributed by atoms with E-state index in [1.807, 2.05) is 41.3 Å². The maximum Gasteiger partial charge on any atom is 0.223 e. The van der Waals surface area contributed by atoms with Crippen molar-refractivity contribution in [2.24, 2.45) is 0 Å². The van der Waals surface area contributed by atoms with Crippen LogP contribution in [0.2, 0.25) is 0 Å². The van der Waals surface area contributed by atoms with Crippen LogP contribution in [0.5, 0.6) is 0 Å². The number of hydrogen-bond donors (Lipinski definition) is 2. The predicted molar refractivity (Wildman–Crippen MR) is 110 cm³/mol. The summed E-state index contributed by atoms with van der Waals surface area (Å²) in [6.45, 7) is 2.31. The van der Waals surface area contributed by atoms with Gasteiger partial charge in [-0.15, -0.1) is 0 Å². The minimum atomic E-state index is 0.0471. The highest BCUT2D eigenvalue weighted by molar-refractivity contribution is 5.98. The topological polar surface area (TPSA) is 81.1 Å². The summed E-state index contributed by atoms with van der Waals surface area (Å²) in [6, 6.07) is 19.1. The van der Waals surface area contributed by atoms with Gasteiger partial charge in [-0.05, 0) is 48.4 Å². The number of para-hydroxylation sites is 1. The van der Waals surface area contributed by atoms with E-state index in [2.05, 4.69) is 27.8 Å². The van der Waals surface area contributed by atoms with Gasteiger partial charge in [0.25, 0.3) is 0 Å². The molecule has 0 spiro atoms. The number of carbonyl (C=O) groups excluding carboxylic acids is 1. The molecule has 2 aromatic carbocycles. The number of pyridine rings is 1. The normalized spacial score (nSPS) is 12.2. The lowest BCUT2D eigenvalue weighted by atomic mass is 10.1. The lowest BCUT2D eigenvalue weighted by molar-refractivity contribution is -0.116. The molecule has 0 atom stereocenters. The Morgan fingerprint density at radius 3 is 2.68 bits per heavy atom. The Kier molecular flexibility index (Phi) is 4.65. The molecule has 1 aliphatic rings. The van der Waals surface area contributed by atoms with E-state index in [0.29, 0.717) is 17.9 Å². The highest BCUT2D eigenvalue weighted by atomic mass is 16.2. The van der Waals surface area contributed by atoms with Crippen molar-refractivity contribution >= 4 is 34.5 Å². The van der Waals surface area contributed by atoms with Gasteiger partial charge in [-0.2, -0.15) is 5.26 Å². The molecule has 1 aliphatic heterocycles. The van der Waals surface area contributed by atoms with E-state index in [1.54, 1.807) is 25.3 Å². The van der Waals surface area contributed by atoms with Crippen molar-refractivity contribution in [2.45, 2.75) is 13.3 Å². The summed E-state index contributed by atoms with van der Waals surface area (Å²) >= 11 is 0. The lowest BCUT2D eigenvalue weighted by Crippen LogP contribution is -2.26. The van der Waals surface area contributed by atoms with E-state index in [1.165, 1.54) is 5.56 Å². The van der Waals surface area contributed by atoms with Crippen LogP contribution in [-0.4, -0.2) is 17.4 Å². The molecular formula is C22H19N5O. The first-order valence-corrected chi connectivity index (χ1v) is 9.04. The van der Waals surface area contributed by atoms with Crippen LogP contribution in [-0.2, 0) is 11.2 Å². The number of amides is 1. The van der Waals surface area contributed by atoms with Crippen LogP contribution in [0.15, 0.2) is 60.8 Å². The second kappa shape index (κ2) is 7.41. The Labute approximate surface area is 163 Å². The molecule has 6 nitrogen and oxygen atoms in total. The maximum absolute atomic E-state index is 12.0. The van der Waals surface area contributed by atoms with Crippen molar-refractivity contribution in [3.63, 3.8) is 0 Å². The second-order valence-corrected chi connectivity index (χ2v) is 6.60. The van der Waals surface area contributed by atoms with E-state index in [4.69, 9.17) is 5.26 Å². The quantitative estimate of drug-likeness (QED) is 0.715. The third-order valence-corrected chi connectivity index (χ3v) is 4.70. The predicted octanol–water partition coefficient (Wildman–Crippen LogP) is 4.35. The number of nitriles is 1. The van der Waals surface area contributed by atoms with Gasteiger partial charge in [0.05, 0.1) is 23.0 Å². The van der Waals surface area contributed by atoms with Crippen molar-refractivity contribution in [1.82, 2.24) is 4.98 Å². The summed E-state index contributed by atoms with van der Waals surface area (Å²) in [6.07, 6.45) is 2.59. The number of aromatic nitrogens is 1. The fourth-order valence-corrected chi connectivity index (χ4v) is 3.38. The third kappa shape index (κ3) is 3.51. The van der Waals surface area contributed by atoms with Crippen molar-refractivity contribution < 1.29 is 4.79 Å². The van der Waals surface area contributed by atoms with Crippen molar-refractivity contribution in [3.8, 4) is 6.07 Å². The molecule has 0 radical (unpaired) electrons. The van der Waals surface area contributed by atoms with E-state index in [9.17, 15) is 4.79 Å².